The van der Waals surface area contributed by atoms with Crippen molar-refractivity contribution in [2.45, 2.75) is 46.5 Å². The summed E-state index contributed by atoms with van der Waals surface area (Å²) < 4.78 is 5.14. The van der Waals surface area contributed by atoms with E-state index < -0.39 is 0 Å². The number of rotatable bonds is 4. The molecule has 1 atom stereocenters. The van der Waals surface area contributed by atoms with Gasteiger partial charge in [-0.05, 0) is 38.7 Å². The van der Waals surface area contributed by atoms with E-state index in [-0.39, 0.29) is 11.9 Å². The number of aromatic nitrogens is 2. The molecule has 1 aliphatic heterocycles. The molecule has 0 N–H and O–H groups in total. The summed E-state index contributed by atoms with van der Waals surface area (Å²) in [4.78, 5) is 23.2. The van der Waals surface area contributed by atoms with Crippen LogP contribution in [-0.2, 0) is 9.53 Å². The van der Waals surface area contributed by atoms with E-state index in [1.165, 1.54) is 0 Å². The summed E-state index contributed by atoms with van der Waals surface area (Å²) in [6.45, 7) is 10.1. The highest BCUT2D eigenvalue weighted by molar-refractivity contribution is 5.73. The molecule has 0 amide bonds. The maximum atomic E-state index is 11.9. The van der Waals surface area contributed by atoms with E-state index in [4.69, 9.17) is 4.74 Å². The van der Waals surface area contributed by atoms with Gasteiger partial charge in [-0.1, -0.05) is 13.8 Å². The third kappa shape index (κ3) is 3.93. The van der Waals surface area contributed by atoms with Gasteiger partial charge in [-0.2, -0.15) is 0 Å². The van der Waals surface area contributed by atoms with Crippen LogP contribution in [0.1, 0.15) is 50.9 Å². The lowest BCUT2D eigenvalue weighted by molar-refractivity contribution is -0.148. The van der Waals surface area contributed by atoms with Crippen LogP contribution in [-0.4, -0.2) is 35.6 Å². The molecule has 0 aliphatic carbocycles. The van der Waals surface area contributed by atoms with Crippen molar-refractivity contribution < 1.29 is 9.53 Å². The summed E-state index contributed by atoms with van der Waals surface area (Å²) in [5, 5.41) is 0. The first kappa shape index (κ1) is 15.7. The van der Waals surface area contributed by atoms with Gasteiger partial charge in [-0.3, -0.25) is 4.79 Å². The van der Waals surface area contributed by atoms with E-state index >= 15 is 0 Å². The van der Waals surface area contributed by atoms with Crippen LogP contribution in [0.3, 0.4) is 0 Å². The monoisotopic (exact) mass is 291 g/mol. The van der Waals surface area contributed by atoms with Gasteiger partial charge in [0.15, 0.2) is 0 Å². The Morgan fingerprint density at radius 2 is 2.24 bits per heavy atom. The molecule has 0 bridgehead atoms. The Hall–Kier alpha value is -1.65. The van der Waals surface area contributed by atoms with Crippen molar-refractivity contribution in [3.8, 4) is 0 Å². The van der Waals surface area contributed by atoms with Crippen molar-refractivity contribution in [2.75, 3.05) is 24.6 Å². The molecule has 21 heavy (non-hydrogen) atoms. The van der Waals surface area contributed by atoms with Gasteiger partial charge < -0.3 is 9.64 Å². The summed E-state index contributed by atoms with van der Waals surface area (Å²) >= 11 is 0. The first-order valence-electron chi connectivity index (χ1n) is 7.78. The average molecular weight is 291 g/mol. The van der Waals surface area contributed by atoms with Gasteiger partial charge in [0.2, 0.25) is 5.95 Å². The molecule has 1 aliphatic rings. The van der Waals surface area contributed by atoms with Crippen LogP contribution in [0.25, 0.3) is 0 Å². The Morgan fingerprint density at radius 3 is 2.90 bits per heavy atom. The standard InChI is InChI=1S/C16H25N3O2/c1-5-21-15(20)13-7-6-8-19(10-13)16-17-12(4)9-14(18-16)11(2)3/h9,11,13H,5-8,10H2,1-4H3. The maximum Gasteiger partial charge on any atom is 0.310 e. The highest BCUT2D eigenvalue weighted by Crippen LogP contribution is 2.23. The Labute approximate surface area is 126 Å². The van der Waals surface area contributed by atoms with E-state index in [1.54, 1.807) is 0 Å². The van der Waals surface area contributed by atoms with Gasteiger partial charge in [0.25, 0.3) is 0 Å². The summed E-state index contributed by atoms with van der Waals surface area (Å²) in [6, 6.07) is 2.03. The number of piperidine rings is 1. The van der Waals surface area contributed by atoms with Gasteiger partial charge in [-0.25, -0.2) is 9.97 Å². The SMILES string of the molecule is CCOC(=O)C1CCCN(c2nc(C)cc(C(C)C)n2)C1. The van der Waals surface area contributed by atoms with Crippen LogP contribution in [0.5, 0.6) is 0 Å². The molecule has 0 saturated carbocycles. The number of carbonyl (C=O) groups is 1. The molecular formula is C16H25N3O2. The zero-order valence-electron chi connectivity index (χ0n) is 13.4. The number of anilines is 1. The second kappa shape index (κ2) is 6.87. The maximum absolute atomic E-state index is 11.9. The molecule has 5 heteroatoms. The van der Waals surface area contributed by atoms with Crippen molar-refractivity contribution in [2.24, 2.45) is 5.92 Å². The summed E-state index contributed by atoms with van der Waals surface area (Å²) in [6.07, 6.45) is 1.86. The first-order valence-corrected chi connectivity index (χ1v) is 7.78. The van der Waals surface area contributed by atoms with Crippen LogP contribution in [0, 0.1) is 12.8 Å². The molecule has 2 heterocycles. The molecule has 0 radical (unpaired) electrons. The molecule has 5 nitrogen and oxygen atoms in total. The Kier molecular flexibility index (Phi) is 5.15. The van der Waals surface area contributed by atoms with Crippen LogP contribution in [0.2, 0.25) is 0 Å². The van der Waals surface area contributed by atoms with Gasteiger partial charge in [0.05, 0.1) is 12.5 Å². The normalized spacial score (nSPS) is 18.9. The summed E-state index contributed by atoms with van der Waals surface area (Å²) in [5.41, 5.74) is 2.03. The van der Waals surface area contributed by atoms with Gasteiger partial charge in [-0.15, -0.1) is 0 Å². The fourth-order valence-electron chi connectivity index (χ4n) is 2.63. The van der Waals surface area contributed by atoms with Crippen LogP contribution >= 0.6 is 0 Å². The molecular weight excluding hydrogens is 266 g/mol. The molecule has 1 aromatic heterocycles. The highest BCUT2D eigenvalue weighted by Gasteiger charge is 2.28. The first-order chi connectivity index (χ1) is 10.0. The van der Waals surface area contributed by atoms with Crippen molar-refractivity contribution >= 4 is 11.9 Å². The Morgan fingerprint density at radius 1 is 1.48 bits per heavy atom. The minimum absolute atomic E-state index is 0.0645. The molecule has 1 aromatic rings. The fourth-order valence-corrected chi connectivity index (χ4v) is 2.63. The topological polar surface area (TPSA) is 55.3 Å². The number of aryl methyl sites for hydroxylation is 1. The molecule has 0 spiro atoms. The largest absolute Gasteiger partial charge is 0.466 e. The summed E-state index contributed by atoms with van der Waals surface area (Å²) in [7, 11) is 0. The quantitative estimate of drug-likeness (QED) is 0.798. The summed E-state index contributed by atoms with van der Waals surface area (Å²) in [5.74, 6) is 0.952. The third-order valence-corrected chi connectivity index (χ3v) is 3.78. The second-order valence-electron chi connectivity index (χ2n) is 5.93. The van der Waals surface area contributed by atoms with Crippen LogP contribution < -0.4 is 4.90 Å². The fraction of sp³-hybridized carbons (Fsp3) is 0.688. The van der Waals surface area contributed by atoms with E-state index in [0.717, 1.165) is 36.7 Å². The van der Waals surface area contributed by atoms with Crippen molar-refractivity contribution in [1.82, 2.24) is 9.97 Å². The Balaban J connectivity index is 2.16. The lowest BCUT2D eigenvalue weighted by Gasteiger charge is -2.32. The predicted octanol–water partition coefficient (Wildman–Crippen LogP) is 2.69. The van der Waals surface area contributed by atoms with Gasteiger partial charge in [0.1, 0.15) is 0 Å². The lowest BCUT2D eigenvalue weighted by Crippen LogP contribution is -2.40. The second-order valence-corrected chi connectivity index (χ2v) is 5.93. The van der Waals surface area contributed by atoms with Crippen LogP contribution in [0.4, 0.5) is 5.95 Å². The number of ether oxygens (including phenoxy) is 1. The highest BCUT2D eigenvalue weighted by atomic mass is 16.5. The zero-order chi connectivity index (χ0) is 15.4. The lowest BCUT2D eigenvalue weighted by atomic mass is 9.98. The molecule has 1 saturated heterocycles. The van der Waals surface area contributed by atoms with E-state index in [2.05, 4.69) is 28.7 Å². The van der Waals surface area contributed by atoms with Crippen molar-refractivity contribution in [3.05, 3.63) is 17.5 Å². The third-order valence-electron chi connectivity index (χ3n) is 3.78. The smallest absolute Gasteiger partial charge is 0.310 e. The minimum Gasteiger partial charge on any atom is -0.466 e. The van der Waals surface area contributed by atoms with E-state index in [0.29, 0.717) is 19.1 Å². The molecule has 1 unspecified atom stereocenters. The Bertz CT molecular complexity index is 502. The molecule has 2 rings (SSSR count). The molecule has 116 valence electrons. The number of esters is 1. The van der Waals surface area contributed by atoms with E-state index in [1.807, 2.05) is 19.9 Å². The van der Waals surface area contributed by atoms with E-state index in [9.17, 15) is 4.79 Å². The minimum atomic E-state index is -0.0982. The predicted molar refractivity (Wildman–Crippen MR) is 82.4 cm³/mol. The number of carbonyl (C=O) groups excluding carboxylic acids is 1. The average Bonchev–Trinajstić information content (AvgIpc) is 2.47. The molecule has 0 aromatic carbocycles. The number of hydrogen-bond donors (Lipinski definition) is 0. The van der Waals surface area contributed by atoms with Gasteiger partial charge in [0, 0.05) is 24.5 Å². The van der Waals surface area contributed by atoms with Crippen molar-refractivity contribution in [1.29, 1.82) is 0 Å². The van der Waals surface area contributed by atoms with Gasteiger partial charge >= 0.3 is 5.97 Å². The number of hydrogen-bond acceptors (Lipinski definition) is 5. The van der Waals surface area contributed by atoms with Crippen molar-refractivity contribution in [3.63, 3.8) is 0 Å². The molecule has 1 fully saturated rings. The van der Waals surface area contributed by atoms with Crippen LogP contribution in [0.15, 0.2) is 6.07 Å². The number of nitrogens with zero attached hydrogens (tertiary/aromatic N) is 3. The zero-order valence-corrected chi connectivity index (χ0v) is 13.4.